The number of carbonyl (C=O) groups excluding carboxylic acids is 1. The van der Waals surface area contributed by atoms with Crippen molar-refractivity contribution in [3.63, 3.8) is 0 Å². The number of hydrazine groups is 1. The highest BCUT2D eigenvalue weighted by molar-refractivity contribution is 5.74. The fourth-order valence-electron chi connectivity index (χ4n) is 0.913. The first-order chi connectivity index (χ1) is 4.56. The Morgan fingerprint density at radius 3 is 2.50 bits per heavy atom. The molecule has 0 spiro atoms. The summed E-state index contributed by atoms with van der Waals surface area (Å²) >= 11 is 0. The molecule has 0 saturated heterocycles. The van der Waals surface area contributed by atoms with Crippen molar-refractivity contribution in [2.45, 2.75) is 26.3 Å². The molecule has 10 heavy (non-hydrogen) atoms. The van der Waals surface area contributed by atoms with Crippen molar-refractivity contribution in [1.82, 2.24) is 10.7 Å². The smallest absolute Gasteiger partial charge is 0.329 e. The molecule has 58 valence electrons. The molecule has 1 atom stereocenters. The maximum Gasteiger partial charge on any atom is 0.329 e. The summed E-state index contributed by atoms with van der Waals surface area (Å²) in [5.41, 5.74) is 2.29. The van der Waals surface area contributed by atoms with Crippen LogP contribution in [0.5, 0.6) is 0 Å². The van der Waals surface area contributed by atoms with Crippen LogP contribution in [0.1, 0.15) is 20.3 Å². The van der Waals surface area contributed by atoms with E-state index in [1.54, 1.807) is 0 Å². The minimum absolute atomic E-state index is 0.270. The van der Waals surface area contributed by atoms with Gasteiger partial charge in [0.2, 0.25) is 0 Å². The molecule has 1 saturated carbocycles. The Hall–Kier alpha value is -0.770. The molecule has 0 bridgehead atoms. The lowest BCUT2D eigenvalue weighted by Gasteiger charge is -2.04. The van der Waals surface area contributed by atoms with E-state index in [4.69, 9.17) is 5.84 Å². The predicted molar refractivity (Wildman–Crippen MR) is 38.0 cm³/mol. The zero-order valence-electron chi connectivity index (χ0n) is 6.27. The zero-order valence-corrected chi connectivity index (χ0v) is 6.27. The molecule has 1 rings (SSSR count). The number of hydrogen-bond donors (Lipinski definition) is 3. The summed E-state index contributed by atoms with van der Waals surface area (Å²) in [7, 11) is 0. The number of amides is 2. The van der Waals surface area contributed by atoms with Crippen molar-refractivity contribution < 1.29 is 4.79 Å². The molecule has 1 aliphatic carbocycles. The van der Waals surface area contributed by atoms with E-state index >= 15 is 0 Å². The largest absolute Gasteiger partial charge is 0.334 e. The Kier molecular flexibility index (Phi) is 1.56. The fourth-order valence-corrected chi connectivity index (χ4v) is 0.913. The molecule has 0 aromatic rings. The highest BCUT2D eigenvalue weighted by atomic mass is 16.2. The number of nitrogens with one attached hydrogen (secondary N) is 2. The normalized spacial score (nSPS) is 27.3. The molecule has 4 heteroatoms. The number of rotatable bonds is 1. The average Bonchev–Trinajstić information content (AvgIpc) is 2.40. The highest BCUT2D eigenvalue weighted by Crippen LogP contribution is 2.44. The quantitative estimate of drug-likeness (QED) is 0.274. The second-order valence-corrected chi connectivity index (χ2v) is 3.36. The molecule has 4 N–H and O–H groups in total. The number of urea groups is 1. The van der Waals surface area contributed by atoms with Crippen molar-refractivity contribution in [2.75, 3.05) is 0 Å². The first-order valence-corrected chi connectivity index (χ1v) is 3.33. The Balaban J connectivity index is 2.24. The maximum atomic E-state index is 10.6. The van der Waals surface area contributed by atoms with Crippen LogP contribution in [0.2, 0.25) is 0 Å². The molecule has 1 unspecified atom stereocenters. The third kappa shape index (κ3) is 1.39. The van der Waals surface area contributed by atoms with Gasteiger partial charge in [-0.3, -0.25) is 5.43 Å². The first kappa shape index (κ1) is 7.34. The molecule has 0 aromatic heterocycles. The maximum absolute atomic E-state index is 10.6. The van der Waals surface area contributed by atoms with Gasteiger partial charge in [-0.05, 0) is 11.8 Å². The lowest BCUT2D eigenvalue weighted by molar-refractivity contribution is 0.239. The van der Waals surface area contributed by atoms with Crippen molar-refractivity contribution in [3.05, 3.63) is 0 Å². The summed E-state index contributed by atoms with van der Waals surface area (Å²) < 4.78 is 0. The van der Waals surface area contributed by atoms with Gasteiger partial charge in [0.15, 0.2) is 0 Å². The summed E-state index contributed by atoms with van der Waals surface area (Å²) in [6.07, 6.45) is 1.04. The van der Waals surface area contributed by atoms with Gasteiger partial charge >= 0.3 is 6.03 Å². The van der Waals surface area contributed by atoms with Gasteiger partial charge in [0.1, 0.15) is 0 Å². The van der Waals surface area contributed by atoms with Gasteiger partial charge < -0.3 is 5.32 Å². The van der Waals surface area contributed by atoms with E-state index in [-0.39, 0.29) is 11.4 Å². The van der Waals surface area contributed by atoms with E-state index in [0.29, 0.717) is 6.04 Å². The summed E-state index contributed by atoms with van der Waals surface area (Å²) in [6, 6.07) is 0.00613. The first-order valence-electron chi connectivity index (χ1n) is 3.33. The Morgan fingerprint density at radius 2 is 2.20 bits per heavy atom. The van der Waals surface area contributed by atoms with E-state index in [1.807, 2.05) is 5.43 Å². The monoisotopic (exact) mass is 143 g/mol. The van der Waals surface area contributed by atoms with Crippen molar-refractivity contribution >= 4 is 6.03 Å². The Morgan fingerprint density at radius 1 is 1.70 bits per heavy atom. The zero-order chi connectivity index (χ0) is 7.78. The third-order valence-electron chi connectivity index (χ3n) is 1.95. The van der Waals surface area contributed by atoms with Crippen molar-refractivity contribution in [1.29, 1.82) is 0 Å². The summed E-state index contributed by atoms with van der Waals surface area (Å²) in [5.74, 6) is 4.87. The van der Waals surface area contributed by atoms with Gasteiger partial charge in [-0.2, -0.15) is 0 Å². The van der Waals surface area contributed by atoms with Crippen LogP contribution in [-0.4, -0.2) is 12.1 Å². The van der Waals surface area contributed by atoms with Crippen LogP contribution >= 0.6 is 0 Å². The lowest BCUT2D eigenvalue weighted by Crippen LogP contribution is -2.41. The predicted octanol–water partition coefficient (Wildman–Crippen LogP) is -0.0422. The molecule has 0 radical (unpaired) electrons. The van der Waals surface area contributed by atoms with Crippen LogP contribution in [0.15, 0.2) is 0 Å². The molecule has 0 aliphatic heterocycles. The number of hydrogen-bond acceptors (Lipinski definition) is 2. The van der Waals surface area contributed by atoms with Crippen LogP contribution in [0.25, 0.3) is 0 Å². The average molecular weight is 143 g/mol. The van der Waals surface area contributed by atoms with Crippen LogP contribution < -0.4 is 16.6 Å². The van der Waals surface area contributed by atoms with Crippen LogP contribution in [-0.2, 0) is 0 Å². The van der Waals surface area contributed by atoms with Gasteiger partial charge in [-0.1, -0.05) is 13.8 Å². The summed E-state index contributed by atoms with van der Waals surface area (Å²) in [6.45, 7) is 4.21. The Bertz CT molecular complexity index is 155. The minimum Gasteiger partial charge on any atom is -0.334 e. The number of nitrogens with two attached hydrogens (primary N) is 1. The summed E-state index contributed by atoms with van der Waals surface area (Å²) in [5, 5.41) is 2.72. The van der Waals surface area contributed by atoms with Gasteiger partial charge in [0, 0.05) is 6.04 Å². The molecular formula is C6H13N3O. The molecule has 4 nitrogen and oxygen atoms in total. The lowest BCUT2D eigenvalue weighted by atomic mass is 10.2. The molecule has 0 aromatic carbocycles. The third-order valence-corrected chi connectivity index (χ3v) is 1.95. The van der Waals surface area contributed by atoms with Crippen molar-refractivity contribution in [3.8, 4) is 0 Å². The second-order valence-electron chi connectivity index (χ2n) is 3.36. The minimum atomic E-state index is -0.296. The SMILES string of the molecule is CC1(C)CC1NC(=O)NN. The van der Waals surface area contributed by atoms with E-state index < -0.39 is 0 Å². The Labute approximate surface area is 60.1 Å². The van der Waals surface area contributed by atoms with Crippen LogP contribution in [0.3, 0.4) is 0 Å². The standard InChI is InChI=1S/C6H13N3O/c1-6(2)3-4(6)8-5(10)9-7/h4H,3,7H2,1-2H3,(H2,8,9,10). The van der Waals surface area contributed by atoms with Gasteiger partial charge in [-0.15, -0.1) is 0 Å². The molecular weight excluding hydrogens is 130 g/mol. The molecule has 2 amide bonds. The number of carbonyl (C=O) groups is 1. The fraction of sp³-hybridized carbons (Fsp3) is 0.833. The van der Waals surface area contributed by atoms with Gasteiger partial charge in [-0.25, -0.2) is 10.6 Å². The van der Waals surface area contributed by atoms with E-state index in [1.165, 1.54) is 0 Å². The molecule has 0 heterocycles. The molecule has 1 fully saturated rings. The van der Waals surface area contributed by atoms with Gasteiger partial charge in [0.25, 0.3) is 0 Å². The van der Waals surface area contributed by atoms with Crippen LogP contribution in [0, 0.1) is 5.41 Å². The second kappa shape index (κ2) is 2.12. The van der Waals surface area contributed by atoms with Crippen LogP contribution in [0.4, 0.5) is 4.79 Å². The highest BCUT2D eigenvalue weighted by Gasteiger charge is 2.46. The summed E-state index contributed by atoms with van der Waals surface area (Å²) in [4.78, 5) is 10.6. The van der Waals surface area contributed by atoms with E-state index in [2.05, 4.69) is 19.2 Å². The van der Waals surface area contributed by atoms with E-state index in [0.717, 1.165) is 6.42 Å². The topological polar surface area (TPSA) is 67.2 Å². The van der Waals surface area contributed by atoms with Crippen molar-refractivity contribution in [2.24, 2.45) is 11.3 Å². The molecule has 1 aliphatic rings. The van der Waals surface area contributed by atoms with E-state index in [9.17, 15) is 4.79 Å². The van der Waals surface area contributed by atoms with Gasteiger partial charge in [0.05, 0.1) is 0 Å².